The zero-order valence-corrected chi connectivity index (χ0v) is 13.7. The lowest BCUT2D eigenvalue weighted by Crippen LogP contribution is -2.23. The normalized spacial score (nSPS) is 11.6. The summed E-state index contributed by atoms with van der Waals surface area (Å²) in [5, 5.41) is 3.09. The number of benzene rings is 1. The van der Waals surface area contributed by atoms with Crippen molar-refractivity contribution in [2.45, 2.75) is 31.6 Å². The SMILES string of the molecule is CCNS(=O)(=O)c1cccc(Nc2cncc(C(C)C)n2)c1. The second kappa shape index (κ2) is 6.85. The van der Waals surface area contributed by atoms with Gasteiger partial charge in [0.2, 0.25) is 10.0 Å². The van der Waals surface area contributed by atoms with Crippen molar-refractivity contribution in [3.8, 4) is 0 Å². The highest BCUT2D eigenvalue weighted by molar-refractivity contribution is 7.89. The van der Waals surface area contributed by atoms with Crippen molar-refractivity contribution in [3.63, 3.8) is 0 Å². The number of rotatable bonds is 6. The fourth-order valence-corrected chi connectivity index (χ4v) is 2.97. The minimum Gasteiger partial charge on any atom is -0.339 e. The Morgan fingerprint density at radius 3 is 2.68 bits per heavy atom. The summed E-state index contributed by atoms with van der Waals surface area (Å²) in [5.74, 6) is 0.860. The van der Waals surface area contributed by atoms with Crippen LogP contribution in [-0.2, 0) is 10.0 Å². The molecule has 1 aromatic carbocycles. The van der Waals surface area contributed by atoms with Crippen LogP contribution in [0.2, 0.25) is 0 Å². The highest BCUT2D eigenvalue weighted by Crippen LogP contribution is 2.20. The molecular formula is C15H20N4O2S. The first kappa shape index (κ1) is 16.4. The molecular weight excluding hydrogens is 300 g/mol. The second-order valence-electron chi connectivity index (χ2n) is 5.14. The lowest BCUT2D eigenvalue weighted by atomic mass is 10.1. The Bertz CT molecular complexity index is 745. The van der Waals surface area contributed by atoms with Crippen molar-refractivity contribution < 1.29 is 8.42 Å². The average Bonchev–Trinajstić information content (AvgIpc) is 2.48. The lowest BCUT2D eigenvalue weighted by Gasteiger charge is -2.10. The minimum atomic E-state index is -3.47. The van der Waals surface area contributed by atoms with E-state index in [0.717, 1.165) is 5.69 Å². The third-order valence-corrected chi connectivity index (χ3v) is 4.54. The van der Waals surface area contributed by atoms with Gasteiger partial charge in [-0.25, -0.2) is 18.1 Å². The van der Waals surface area contributed by atoms with Crippen LogP contribution in [0.5, 0.6) is 0 Å². The first-order valence-corrected chi connectivity index (χ1v) is 8.59. The van der Waals surface area contributed by atoms with Gasteiger partial charge in [0.1, 0.15) is 5.82 Å². The molecule has 0 amide bonds. The molecule has 1 heterocycles. The Morgan fingerprint density at radius 1 is 1.23 bits per heavy atom. The number of hydrogen-bond acceptors (Lipinski definition) is 5. The van der Waals surface area contributed by atoms with Gasteiger partial charge in [-0.3, -0.25) is 4.98 Å². The summed E-state index contributed by atoms with van der Waals surface area (Å²) in [6.45, 7) is 6.17. The van der Waals surface area contributed by atoms with Crippen LogP contribution in [0.1, 0.15) is 32.4 Å². The molecule has 0 unspecified atom stereocenters. The summed E-state index contributed by atoms with van der Waals surface area (Å²) in [6.07, 6.45) is 3.33. The van der Waals surface area contributed by atoms with Crippen molar-refractivity contribution in [2.24, 2.45) is 0 Å². The molecule has 0 radical (unpaired) electrons. The summed E-state index contributed by atoms with van der Waals surface area (Å²) >= 11 is 0. The van der Waals surface area contributed by atoms with E-state index >= 15 is 0 Å². The van der Waals surface area contributed by atoms with Crippen molar-refractivity contribution >= 4 is 21.5 Å². The smallest absolute Gasteiger partial charge is 0.240 e. The fraction of sp³-hybridized carbons (Fsp3) is 0.333. The van der Waals surface area contributed by atoms with E-state index in [1.54, 1.807) is 43.6 Å². The predicted octanol–water partition coefficient (Wildman–Crippen LogP) is 2.64. The van der Waals surface area contributed by atoms with Crippen LogP contribution in [0.15, 0.2) is 41.6 Å². The van der Waals surface area contributed by atoms with Crippen molar-refractivity contribution in [1.29, 1.82) is 0 Å². The summed E-state index contributed by atoms with van der Waals surface area (Å²) in [7, 11) is -3.47. The number of aromatic nitrogens is 2. The van der Waals surface area contributed by atoms with E-state index < -0.39 is 10.0 Å². The Kier molecular flexibility index (Phi) is 5.10. The number of sulfonamides is 1. The van der Waals surface area contributed by atoms with Crippen molar-refractivity contribution in [3.05, 3.63) is 42.4 Å². The average molecular weight is 320 g/mol. The molecule has 2 aromatic rings. The van der Waals surface area contributed by atoms with E-state index in [2.05, 4.69) is 20.0 Å². The maximum Gasteiger partial charge on any atom is 0.240 e. The largest absolute Gasteiger partial charge is 0.339 e. The van der Waals surface area contributed by atoms with Gasteiger partial charge < -0.3 is 5.32 Å². The highest BCUT2D eigenvalue weighted by atomic mass is 32.2. The molecule has 7 heteroatoms. The highest BCUT2D eigenvalue weighted by Gasteiger charge is 2.13. The van der Waals surface area contributed by atoms with Gasteiger partial charge >= 0.3 is 0 Å². The molecule has 0 aliphatic rings. The molecule has 0 fully saturated rings. The molecule has 0 saturated carbocycles. The molecule has 118 valence electrons. The van der Waals surface area contributed by atoms with E-state index in [4.69, 9.17) is 0 Å². The first-order chi connectivity index (χ1) is 10.4. The molecule has 2 N–H and O–H groups in total. The number of hydrogen-bond donors (Lipinski definition) is 2. The van der Waals surface area contributed by atoms with Gasteiger partial charge in [-0.05, 0) is 24.1 Å². The summed E-state index contributed by atoms with van der Waals surface area (Å²) in [5.41, 5.74) is 1.52. The molecule has 6 nitrogen and oxygen atoms in total. The van der Waals surface area contributed by atoms with E-state index in [9.17, 15) is 8.42 Å². The van der Waals surface area contributed by atoms with Gasteiger partial charge in [0.05, 0.1) is 16.8 Å². The zero-order chi connectivity index (χ0) is 16.2. The van der Waals surface area contributed by atoms with Gasteiger partial charge in [0.25, 0.3) is 0 Å². The van der Waals surface area contributed by atoms with E-state index in [-0.39, 0.29) is 10.8 Å². The molecule has 0 saturated heterocycles. The maximum atomic E-state index is 12.0. The fourth-order valence-electron chi connectivity index (χ4n) is 1.88. The zero-order valence-electron chi connectivity index (χ0n) is 12.9. The molecule has 0 aliphatic carbocycles. The Morgan fingerprint density at radius 2 is 2.00 bits per heavy atom. The molecule has 0 spiro atoms. The van der Waals surface area contributed by atoms with Gasteiger partial charge in [-0.1, -0.05) is 26.8 Å². The van der Waals surface area contributed by atoms with E-state index in [1.807, 2.05) is 13.8 Å². The van der Waals surface area contributed by atoms with E-state index in [1.165, 1.54) is 0 Å². The van der Waals surface area contributed by atoms with Gasteiger partial charge in [0, 0.05) is 18.4 Å². The van der Waals surface area contributed by atoms with Crippen LogP contribution in [0.25, 0.3) is 0 Å². The molecule has 1 aromatic heterocycles. The van der Waals surface area contributed by atoms with Crippen LogP contribution in [0.3, 0.4) is 0 Å². The molecule has 0 aliphatic heterocycles. The number of anilines is 2. The van der Waals surface area contributed by atoms with Crippen LogP contribution < -0.4 is 10.0 Å². The summed E-state index contributed by atoms with van der Waals surface area (Å²) < 4.78 is 26.5. The maximum absolute atomic E-state index is 12.0. The van der Waals surface area contributed by atoms with Crippen LogP contribution in [0.4, 0.5) is 11.5 Å². The van der Waals surface area contributed by atoms with Crippen molar-refractivity contribution in [1.82, 2.24) is 14.7 Å². The Hall–Kier alpha value is -1.99. The molecule has 2 rings (SSSR count). The van der Waals surface area contributed by atoms with Gasteiger partial charge in [-0.2, -0.15) is 0 Å². The monoisotopic (exact) mass is 320 g/mol. The Labute approximate surface area is 131 Å². The van der Waals surface area contributed by atoms with Gasteiger partial charge in [-0.15, -0.1) is 0 Å². The summed E-state index contributed by atoms with van der Waals surface area (Å²) in [4.78, 5) is 8.82. The van der Waals surface area contributed by atoms with E-state index in [0.29, 0.717) is 18.1 Å². The molecule has 0 atom stereocenters. The summed E-state index contributed by atoms with van der Waals surface area (Å²) in [6, 6.07) is 6.60. The van der Waals surface area contributed by atoms with Crippen LogP contribution in [-0.4, -0.2) is 24.9 Å². The third-order valence-electron chi connectivity index (χ3n) is 3.00. The second-order valence-corrected chi connectivity index (χ2v) is 6.90. The number of nitrogens with zero attached hydrogens (tertiary/aromatic N) is 2. The third kappa shape index (κ3) is 4.02. The van der Waals surface area contributed by atoms with Crippen molar-refractivity contribution in [2.75, 3.05) is 11.9 Å². The first-order valence-electron chi connectivity index (χ1n) is 7.11. The number of nitrogens with one attached hydrogen (secondary N) is 2. The van der Waals surface area contributed by atoms with Crippen LogP contribution in [0, 0.1) is 0 Å². The van der Waals surface area contributed by atoms with Gasteiger partial charge in [0.15, 0.2) is 0 Å². The minimum absolute atomic E-state index is 0.215. The van der Waals surface area contributed by atoms with Crippen LogP contribution >= 0.6 is 0 Å². The quantitative estimate of drug-likeness (QED) is 0.855. The Balaban J connectivity index is 2.26. The molecule has 22 heavy (non-hydrogen) atoms. The molecule has 0 bridgehead atoms. The topological polar surface area (TPSA) is 84.0 Å². The predicted molar refractivity (Wildman–Crippen MR) is 86.7 cm³/mol. The lowest BCUT2D eigenvalue weighted by molar-refractivity contribution is 0.584. The standard InChI is InChI=1S/C15H20N4O2S/c1-4-17-22(20,21)13-7-5-6-12(8-13)18-15-10-16-9-14(19-15)11(2)3/h5-11,17H,4H2,1-3H3,(H,18,19).